The first-order valence-corrected chi connectivity index (χ1v) is 11.1. The molecule has 0 spiro atoms. The normalized spacial score (nSPS) is 20.9. The van der Waals surface area contributed by atoms with Crippen LogP contribution in [0.15, 0.2) is 12.3 Å². The molecular weight excluding hydrogens is 449 g/mol. The second-order valence-corrected chi connectivity index (χ2v) is 8.92. The standard InChI is InChI=1S/C21H22ClF3N4O3/c22-18-17(20(31)27-5-6-28(16(30)11-27)14-3-7-32-8-4-14)26-19-15(21(23,24)25)9-13(10-29(18)19)12-1-2-12/h9-10,12,14H,1-8,11H2. The van der Waals surface area contributed by atoms with Gasteiger partial charge in [0.1, 0.15) is 11.7 Å². The minimum atomic E-state index is -4.63. The van der Waals surface area contributed by atoms with Gasteiger partial charge in [0.2, 0.25) is 5.91 Å². The number of imidazole rings is 1. The van der Waals surface area contributed by atoms with Crippen LogP contribution in [0.4, 0.5) is 13.2 Å². The summed E-state index contributed by atoms with van der Waals surface area (Å²) in [6.45, 7) is 1.67. The summed E-state index contributed by atoms with van der Waals surface area (Å²) in [5.41, 5.74) is -1.05. The molecule has 0 N–H and O–H groups in total. The molecule has 0 bridgehead atoms. The Labute approximate surface area is 187 Å². The number of ether oxygens (including phenoxy) is 1. The highest BCUT2D eigenvalue weighted by Gasteiger charge is 2.39. The number of amides is 2. The first-order chi connectivity index (χ1) is 15.2. The van der Waals surface area contributed by atoms with E-state index in [1.54, 1.807) is 4.90 Å². The van der Waals surface area contributed by atoms with Crippen molar-refractivity contribution in [3.05, 3.63) is 34.2 Å². The van der Waals surface area contributed by atoms with Crippen molar-refractivity contribution in [3.8, 4) is 0 Å². The van der Waals surface area contributed by atoms with Crippen LogP contribution in [-0.2, 0) is 15.7 Å². The fourth-order valence-corrected chi connectivity index (χ4v) is 4.77. The van der Waals surface area contributed by atoms with Gasteiger partial charge in [-0.15, -0.1) is 0 Å². The SMILES string of the molecule is O=C(c1nc2c(C(F)(F)F)cc(C3CC3)cn2c1Cl)N1CCN(C2CCOCC2)C(=O)C1. The summed E-state index contributed by atoms with van der Waals surface area (Å²) >= 11 is 6.35. The van der Waals surface area contributed by atoms with Crippen LogP contribution in [0, 0.1) is 0 Å². The Kier molecular flexibility index (Phi) is 5.32. The average molecular weight is 471 g/mol. The zero-order valence-electron chi connectivity index (χ0n) is 17.2. The molecule has 4 heterocycles. The Morgan fingerprint density at radius 3 is 2.50 bits per heavy atom. The number of fused-ring (bicyclic) bond motifs is 1. The molecule has 7 nitrogen and oxygen atoms in total. The third kappa shape index (κ3) is 3.83. The van der Waals surface area contributed by atoms with Gasteiger partial charge in [-0.05, 0) is 43.2 Å². The van der Waals surface area contributed by atoms with E-state index >= 15 is 0 Å². The van der Waals surface area contributed by atoms with E-state index in [-0.39, 0.29) is 41.8 Å². The quantitative estimate of drug-likeness (QED) is 0.690. The first kappa shape index (κ1) is 21.5. The molecule has 11 heteroatoms. The fraction of sp³-hybridized carbons (Fsp3) is 0.571. The molecule has 0 unspecified atom stereocenters. The fourth-order valence-electron chi connectivity index (χ4n) is 4.52. The lowest BCUT2D eigenvalue weighted by atomic mass is 10.1. The Morgan fingerprint density at radius 2 is 1.88 bits per heavy atom. The maximum absolute atomic E-state index is 13.7. The summed E-state index contributed by atoms with van der Waals surface area (Å²) in [4.78, 5) is 32.9. The van der Waals surface area contributed by atoms with E-state index < -0.39 is 23.3 Å². The van der Waals surface area contributed by atoms with Gasteiger partial charge in [-0.25, -0.2) is 4.98 Å². The monoisotopic (exact) mass is 470 g/mol. The van der Waals surface area contributed by atoms with E-state index in [4.69, 9.17) is 16.3 Å². The summed E-state index contributed by atoms with van der Waals surface area (Å²) in [5.74, 6) is -0.767. The molecule has 2 aliphatic heterocycles. The van der Waals surface area contributed by atoms with E-state index in [1.165, 1.54) is 11.1 Å². The number of alkyl halides is 3. The number of carbonyl (C=O) groups is 2. The van der Waals surface area contributed by atoms with Gasteiger partial charge >= 0.3 is 6.18 Å². The molecule has 5 rings (SSSR count). The molecule has 0 aromatic carbocycles. The van der Waals surface area contributed by atoms with Crippen LogP contribution in [0.25, 0.3) is 5.65 Å². The second-order valence-electron chi connectivity index (χ2n) is 8.56. The maximum atomic E-state index is 13.7. The predicted molar refractivity (Wildman–Crippen MR) is 109 cm³/mol. The summed E-state index contributed by atoms with van der Waals surface area (Å²) in [6.07, 6.45) is 0.0405. The summed E-state index contributed by atoms with van der Waals surface area (Å²) in [6, 6.07) is 1.18. The van der Waals surface area contributed by atoms with Gasteiger partial charge in [-0.1, -0.05) is 11.6 Å². The van der Waals surface area contributed by atoms with Crippen molar-refractivity contribution in [1.29, 1.82) is 0 Å². The Bertz CT molecular complexity index is 1080. The first-order valence-electron chi connectivity index (χ1n) is 10.7. The van der Waals surface area contributed by atoms with E-state index in [1.807, 2.05) is 0 Å². The van der Waals surface area contributed by atoms with Gasteiger partial charge in [-0.3, -0.25) is 14.0 Å². The van der Waals surface area contributed by atoms with Crippen LogP contribution in [0.2, 0.25) is 5.15 Å². The van der Waals surface area contributed by atoms with Crippen LogP contribution in [0.1, 0.15) is 53.2 Å². The van der Waals surface area contributed by atoms with Crippen LogP contribution in [0.5, 0.6) is 0 Å². The number of carbonyl (C=O) groups excluding carboxylic acids is 2. The Hall–Kier alpha value is -2.33. The number of hydrogen-bond donors (Lipinski definition) is 0. The average Bonchev–Trinajstić information content (AvgIpc) is 3.56. The van der Waals surface area contributed by atoms with Crippen molar-refractivity contribution in [2.45, 2.75) is 43.8 Å². The van der Waals surface area contributed by atoms with Crippen molar-refractivity contribution in [2.24, 2.45) is 0 Å². The molecule has 32 heavy (non-hydrogen) atoms. The molecule has 1 aliphatic carbocycles. The lowest BCUT2D eigenvalue weighted by Gasteiger charge is -2.40. The maximum Gasteiger partial charge on any atom is 0.419 e. The number of pyridine rings is 1. The molecule has 1 saturated carbocycles. The number of aromatic nitrogens is 2. The molecule has 172 valence electrons. The largest absolute Gasteiger partial charge is 0.419 e. The van der Waals surface area contributed by atoms with Crippen molar-refractivity contribution in [1.82, 2.24) is 19.2 Å². The van der Waals surface area contributed by atoms with E-state index in [9.17, 15) is 22.8 Å². The number of piperazine rings is 1. The molecule has 2 saturated heterocycles. The minimum Gasteiger partial charge on any atom is -0.381 e. The number of nitrogens with zero attached hydrogens (tertiary/aromatic N) is 4. The van der Waals surface area contributed by atoms with Crippen molar-refractivity contribution in [2.75, 3.05) is 32.8 Å². The number of halogens is 4. The molecule has 2 amide bonds. The number of rotatable bonds is 3. The topological polar surface area (TPSA) is 67.2 Å². The summed E-state index contributed by atoms with van der Waals surface area (Å²) < 4.78 is 47.6. The highest BCUT2D eigenvalue weighted by atomic mass is 35.5. The second kappa shape index (κ2) is 7.91. The molecule has 0 radical (unpaired) electrons. The molecular formula is C21H22ClF3N4O3. The van der Waals surface area contributed by atoms with Crippen molar-refractivity contribution >= 4 is 29.1 Å². The van der Waals surface area contributed by atoms with E-state index in [0.717, 1.165) is 36.2 Å². The van der Waals surface area contributed by atoms with E-state index in [0.29, 0.717) is 25.3 Å². The van der Waals surface area contributed by atoms with Gasteiger partial charge in [0.05, 0.1) is 5.56 Å². The highest BCUT2D eigenvalue weighted by Crippen LogP contribution is 2.43. The van der Waals surface area contributed by atoms with Crippen LogP contribution in [-0.4, -0.2) is 69.9 Å². The van der Waals surface area contributed by atoms with E-state index in [2.05, 4.69) is 4.98 Å². The predicted octanol–water partition coefficient (Wildman–Crippen LogP) is 3.35. The van der Waals surface area contributed by atoms with Gasteiger partial charge in [0, 0.05) is 38.5 Å². The summed E-state index contributed by atoms with van der Waals surface area (Å²) in [5, 5.41) is -0.169. The molecule has 3 aliphatic rings. The van der Waals surface area contributed by atoms with Crippen molar-refractivity contribution < 1.29 is 27.5 Å². The zero-order valence-corrected chi connectivity index (χ0v) is 18.0. The minimum absolute atomic E-state index is 0.0639. The van der Waals surface area contributed by atoms with Crippen LogP contribution >= 0.6 is 11.6 Å². The molecule has 0 atom stereocenters. The molecule has 2 aromatic rings. The Balaban J connectivity index is 1.43. The van der Waals surface area contributed by atoms with Crippen molar-refractivity contribution in [3.63, 3.8) is 0 Å². The Morgan fingerprint density at radius 1 is 1.16 bits per heavy atom. The lowest BCUT2D eigenvalue weighted by Crippen LogP contribution is -2.56. The van der Waals surface area contributed by atoms with Gasteiger partial charge < -0.3 is 14.5 Å². The highest BCUT2D eigenvalue weighted by molar-refractivity contribution is 6.33. The van der Waals surface area contributed by atoms with Gasteiger partial charge in [0.25, 0.3) is 5.91 Å². The smallest absolute Gasteiger partial charge is 0.381 e. The van der Waals surface area contributed by atoms with Crippen LogP contribution < -0.4 is 0 Å². The lowest BCUT2D eigenvalue weighted by molar-refractivity contribution is -0.139. The number of hydrogen-bond acceptors (Lipinski definition) is 4. The third-order valence-electron chi connectivity index (χ3n) is 6.42. The molecule has 3 fully saturated rings. The zero-order chi connectivity index (χ0) is 22.6. The summed E-state index contributed by atoms with van der Waals surface area (Å²) in [7, 11) is 0. The molecule has 2 aromatic heterocycles. The third-order valence-corrected chi connectivity index (χ3v) is 6.78. The van der Waals surface area contributed by atoms with Crippen LogP contribution in [0.3, 0.4) is 0 Å². The van der Waals surface area contributed by atoms with Gasteiger partial charge in [-0.2, -0.15) is 13.2 Å². The van der Waals surface area contributed by atoms with Gasteiger partial charge in [0.15, 0.2) is 11.3 Å².